The lowest BCUT2D eigenvalue weighted by molar-refractivity contribution is -0.144. The van der Waals surface area contributed by atoms with E-state index >= 15 is 0 Å². The monoisotopic (exact) mass is 1780 g/mol. The molecule has 2 fully saturated rings. The van der Waals surface area contributed by atoms with Gasteiger partial charge in [0, 0.05) is 37.9 Å². The van der Waals surface area contributed by atoms with Gasteiger partial charge in [0.1, 0.15) is 49.1 Å². The Morgan fingerprint density at radius 1 is 0.528 bits per heavy atom. The normalized spacial score (nSPS) is 11.9. The molecule has 0 aliphatic carbocycles. The van der Waals surface area contributed by atoms with E-state index in [1.165, 1.54) is 123 Å². The van der Waals surface area contributed by atoms with Gasteiger partial charge in [0.05, 0.1) is 79.4 Å². The molecular formula is C68H63BBr3Cl3N12O14S5. The Bertz CT molecular complexity index is 5430. The van der Waals surface area contributed by atoms with Crippen LogP contribution in [0.3, 0.4) is 0 Å². The van der Waals surface area contributed by atoms with Crippen LogP contribution in [-0.4, -0.2) is 144 Å². The zero-order valence-corrected chi connectivity index (χ0v) is 67.0. The van der Waals surface area contributed by atoms with E-state index in [1.807, 2.05) is 52.7 Å². The number of fused-ring (bicyclic) bond motifs is 5. The third kappa shape index (κ3) is 24.8. The van der Waals surface area contributed by atoms with Gasteiger partial charge in [0.25, 0.3) is 27.8 Å². The first-order chi connectivity index (χ1) is 50.9. The molecule has 106 heavy (non-hydrogen) atoms. The number of carboxylic acid groups (broad SMARTS) is 1. The summed E-state index contributed by atoms with van der Waals surface area (Å²) in [6.45, 7) is 7.87. The van der Waals surface area contributed by atoms with Crippen molar-refractivity contribution in [1.29, 1.82) is 0 Å². The van der Waals surface area contributed by atoms with E-state index in [2.05, 4.69) is 92.7 Å². The van der Waals surface area contributed by atoms with E-state index in [-0.39, 0.29) is 52.8 Å². The first kappa shape index (κ1) is 83.6. The molecule has 38 heteroatoms. The van der Waals surface area contributed by atoms with Gasteiger partial charge in [0.15, 0.2) is 0 Å². The molecule has 12 heterocycles. The van der Waals surface area contributed by atoms with E-state index < -0.39 is 25.6 Å². The van der Waals surface area contributed by atoms with E-state index in [4.69, 9.17) is 54.7 Å². The van der Waals surface area contributed by atoms with Gasteiger partial charge >= 0.3 is 25.0 Å². The van der Waals surface area contributed by atoms with E-state index in [9.17, 15) is 43.2 Å². The zero-order chi connectivity index (χ0) is 76.4. The van der Waals surface area contributed by atoms with Crippen molar-refractivity contribution in [3.05, 3.63) is 215 Å². The number of halogens is 6. The Labute approximate surface area is 662 Å². The summed E-state index contributed by atoms with van der Waals surface area (Å²) in [5, 5.41) is 36.1. The largest absolute Gasteiger partial charge is 0.488 e. The molecule has 0 bridgehead atoms. The number of carboxylic acids is 1. The number of ether oxygens (including phenoxy) is 2. The molecule has 2 aliphatic heterocycles. The summed E-state index contributed by atoms with van der Waals surface area (Å²) < 4.78 is 14.8. The number of nitrogens with one attached hydrogen (secondary N) is 3. The van der Waals surface area contributed by atoms with E-state index in [1.54, 1.807) is 74.5 Å². The summed E-state index contributed by atoms with van der Waals surface area (Å²) in [5.41, 5.74) is 1.48. The number of amides is 1. The highest BCUT2D eigenvalue weighted by Gasteiger charge is 2.21. The molecule has 2 saturated heterocycles. The topological polar surface area (TPSA) is 359 Å². The summed E-state index contributed by atoms with van der Waals surface area (Å²) in [6.07, 6.45) is 11.8. The Hall–Kier alpha value is -8.01. The third-order valence-corrected chi connectivity index (χ3v) is 21.9. The molecule has 10 aromatic heterocycles. The number of benzene rings is 3. The molecule has 2 aliphatic rings. The van der Waals surface area contributed by atoms with Crippen LogP contribution in [-0.2, 0) is 48.3 Å². The molecule has 1 amide bonds. The number of hydrogen-bond donors (Lipinski definition) is 6. The molecule has 0 unspecified atom stereocenters. The Kier molecular flexibility index (Phi) is 33.1. The van der Waals surface area contributed by atoms with Crippen molar-refractivity contribution in [1.82, 2.24) is 58.8 Å². The minimum absolute atomic E-state index is 0.0195. The lowest BCUT2D eigenvalue weighted by Gasteiger charge is -2.15. The van der Waals surface area contributed by atoms with Crippen LogP contribution in [0.25, 0.3) is 72.0 Å². The highest BCUT2D eigenvalue weighted by atomic mass is 79.9. The molecule has 0 saturated carbocycles. The summed E-state index contributed by atoms with van der Waals surface area (Å²) in [5.74, 6) is -1.74. The quantitative estimate of drug-likeness (QED) is 0.0376. The maximum Gasteiger partial charge on any atom is 0.488 e. The minimum atomic E-state index is -1.41. The molecule has 0 spiro atoms. The summed E-state index contributed by atoms with van der Waals surface area (Å²) in [6, 6.07) is 29.9. The number of hydrogen-bond acceptors (Lipinski definition) is 24. The molecule has 554 valence electrons. The van der Waals surface area contributed by atoms with E-state index in [0.717, 1.165) is 68.6 Å². The fraction of sp³-hybridized carbons (Fsp3) is 0.235. The number of aliphatic carboxylic acids is 1. The van der Waals surface area contributed by atoms with Crippen molar-refractivity contribution in [2.24, 2.45) is 0 Å². The lowest BCUT2D eigenvalue weighted by atomic mass is 9.81. The number of H-pyrrole nitrogens is 2. The maximum absolute atomic E-state index is 12.7. The predicted molar refractivity (Wildman–Crippen MR) is 432 cm³/mol. The van der Waals surface area contributed by atoms with Gasteiger partial charge in [-0.15, -0.1) is 56.7 Å². The first-order valence-corrected chi connectivity index (χ1v) is 39.8. The highest BCUT2D eigenvalue weighted by Crippen LogP contribution is 2.33. The Balaban J connectivity index is 0.000000160. The van der Waals surface area contributed by atoms with Crippen LogP contribution in [0.5, 0.6) is 0 Å². The molecule has 26 nitrogen and oxygen atoms in total. The van der Waals surface area contributed by atoms with Crippen LogP contribution in [0.2, 0.25) is 15.1 Å². The molecule has 0 radical (unpaired) electrons. The summed E-state index contributed by atoms with van der Waals surface area (Å²) in [7, 11) is -1.41. The van der Waals surface area contributed by atoms with Gasteiger partial charge in [0.2, 0.25) is 5.91 Å². The first-order valence-electron chi connectivity index (χ1n) is 31.8. The number of carbonyl (C=O) groups is 4. The van der Waals surface area contributed by atoms with Crippen LogP contribution >= 0.6 is 139 Å². The summed E-state index contributed by atoms with van der Waals surface area (Å²) >= 11 is 34.0. The van der Waals surface area contributed by atoms with Gasteiger partial charge in [-0.25, -0.2) is 24.9 Å². The fourth-order valence-electron chi connectivity index (χ4n) is 9.50. The standard InChI is InChI=1S/C18H16ClN3O2S.C14H9ClN2O3S.C10H9BrN2O3S.C6H6BClO2.C6H3BrN2OS.C6H4N2OS.C4H7BrO2.C4H9N/c19-13-5-3-12(4-6-13)15-9-14-17(25-15)20-11-22(18(14)24)10-16(23)21-7-1-2-8-21;15-9-3-1-8(2-4-9)11-5-10-13(21-11)16-7-17(14(10)20)6-12(18)19;1-2-16-8(14)4-13-5-12-9-6(10(13)15)3-7(11)17-9;8-6-3-1-5(2-4-6)7(9)10;7-4-1-3-5(10)8-2-9-6(3)11-4;9-5-4-1-2-10-6(4)8-3-7-5;1-2-7-4(6)3-5;1-2-4-5-3-1/h3-6,9,11H,1-2,7-8,10H2;1-5,7H,6H2,(H,18,19);3,5H,2,4H2,1H3;1-4,9-10H;1-2H,(H,8,9,10);1-3H,(H,7,8,9);2-3H2,1H3;5H,1-4H2. The molecule has 3 aromatic carbocycles. The number of aromatic amines is 2. The summed E-state index contributed by atoms with van der Waals surface area (Å²) in [4.78, 5) is 136. The number of esters is 2. The number of carbonyl (C=O) groups excluding carboxylic acids is 3. The number of likely N-dealkylation sites (tertiary alicyclic amines) is 1. The van der Waals surface area contributed by atoms with Gasteiger partial charge in [-0.05, 0) is 173 Å². The second-order valence-corrected chi connectivity index (χ2v) is 31.6. The van der Waals surface area contributed by atoms with Crippen LogP contribution in [0.4, 0.5) is 0 Å². The fourth-order valence-corrected chi connectivity index (χ4v) is 15.6. The van der Waals surface area contributed by atoms with E-state index in [0.29, 0.717) is 80.5 Å². The van der Waals surface area contributed by atoms with Crippen LogP contribution < -0.4 is 38.6 Å². The lowest BCUT2D eigenvalue weighted by Crippen LogP contribution is -2.34. The average molecular weight is 1790 g/mol. The van der Waals surface area contributed by atoms with Crippen LogP contribution in [0.1, 0.15) is 39.5 Å². The minimum Gasteiger partial charge on any atom is -0.480 e. The Morgan fingerprint density at radius 3 is 1.39 bits per heavy atom. The maximum atomic E-state index is 12.7. The molecule has 15 rings (SSSR count). The highest BCUT2D eigenvalue weighted by molar-refractivity contribution is 9.11. The van der Waals surface area contributed by atoms with Crippen LogP contribution in [0, 0.1) is 0 Å². The van der Waals surface area contributed by atoms with Crippen molar-refractivity contribution >= 4 is 227 Å². The van der Waals surface area contributed by atoms with Crippen LogP contribution in [0.15, 0.2) is 172 Å². The van der Waals surface area contributed by atoms with Crippen molar-refractivity contribution in [2.45, 2.75) is 59.2 Å². The average Bonchev–Trinajstić information content (AvgIpc) is 1.63. The number of alkyl halides is 1. The number of nitrogens with zero attached hydrogens (tertiary/aromatic N) is 9. The smallest absolute Gasteiger partial charge is 0.480 e. The molecule has 0 atom stereocenters. The van der Waals surface area contributed by atoms with Gasteiger partial charge in [-0.1, -0.05) is 87.1 Å². The number of aromatic nitrogens is 10. The van der Waals surface area contributed by atoms with Crippen molar-refractivity contribution in [3.8, 4) is 20.9 Å². The van der Waals surface area contributed by atoms with Gasteiger partial charge in [-0.3, -0.25) is 56.9 Å². The predicted octanol–water partition coefficient (Wildman–Crippen LogP) is 12.1. The van der Waals surface area contributed by atoms with Gasteiger partial charge < -0.3 is 44.8 Å². The zero-order valence-electron chi connectivity index (χ0n) is 55.9. The second-order valence-electron chi connectivity index (χ2n) is 22.0. The van der Waals surface area contributed by atoms with Crippen molar-refractivity contribution < 1.29 is 43.8 Å². The number of thiophene rings is 5. The molecule has 6 N–H and O–H groups in total. The number of rotatable bonds is 12. The van der Waals surface area contributed by atoms with Crippen molar-refractivity contribution in [2.75, 3.05) is 44.7 Å². The van der Waals surface area contributed by atoms with Gasteiger partial charge in [-0.2, -0.15) is 0 Å². The molecular weight excluding hydrogens is 1730 g/mol. The van der Waals surface area contributed by atoms with Crippen molar-refractivity contribution in [3.63, 3.8) is 0 Å². The third-order valence-electron chi connectivity index (χ3n) is 14.6. The SMILES string of the molecule is C1CCNC1.CCOC(=O)CBr.CCOC(=O)Cn1cnc2sc(Br)cc2c1=O.O=C(Cn1cnc2sc(-c3ccc(Cl)cc3)cc2c1=O)N1CCCC1.O=C(O)Cn1cnc2sc(-c3ccc(Cl)cc3)cc2c1=O.O=c1[nH]cnc2sc(Br)cc12.O=c1[nH]cnc2sccc12.OB(O)c1ccc(Cl)cc1. The second kappa shape index (κ2) is 41.9. The molecule has 13 aromatic rings. The Morgan fingerprint density at radius 2 is 0.953 bits per heavy atom.